The zero-order valence-corrected chi connectivity index (χ0v) is 23.9. The summed E-state index contributed by atoms with van der Waals surface area (Å²) in [6.07, 6.45) is 0. The van der Waals surface area contributed by atoms with Gasteiger partial charge in [0.15, 0.2) is 0 Å². The summed E-state index contributed by atoms with van der Waals surface area (Å²) in [5.41, 5.74) is 10.3. The number of hydrogen-bond acceptors (Lipinski definition) is 1. The van der Waals surface area contributed by atoms with Gasteiger partial charge in [-0.15, -0.1) is 0 Å². The van der Waals surface area contributed by atoms with E-state index >= 15 is 0 Å². The van der Waals surface area contributed by atoms with Gasteiger partial charge in [-0.05, 0) is 59.7 Å². The Morgan fingerprint density at radius 3 is 1.59 bits per heavy atom. The first-order valence-electron chi connectivity index (χ1n) is 15.0. The molecule has 0 saturated heterocycles. The fraction of sp³-hybridized carbons (Fsp3) is 0. The van der Waals surface area contributed by atoms with Gasteiger partial charge in [0.05, 0.1) is 27.8 Å². The predicted molar refractivity (Wildman–Crippen MR) is 184 cm³/mol. The Balaban J connectivity index is 1.34. The van der Waals surface area contributed by atoms with E-state index in [9.17, 15) is 0 Å². The van der Waals surface area contributed by atoms with Gasteiger partial charge < -0.3 is 4.57 Å². The van der Waals surface area contributed by atoms with Gasteiger partial charge in [-0.25, -0.2) is 4.98 Å². The molecule has 44 heavy (non-hydrogen) atoms. The van der Waals surface area contributed by atoms with Crippen molar-refractivity contribution in [2.24, 2.45) is 0 Å². The minimum absolute atomic E-state index is 0.913. The maximum absolute atomic E-state index is 5.18. The minimum Gasteiger partial charge on any atom is -0.309 e. The molecule has 0 aliphatic rings. The summed E-state index contributed by atoms with van der Waals surface area (Å²) in [6.45, 7) is 0. The third-order valence-corrected chi connectivity index (χ3v) is 8.71. The lowest BCUT2D eigenvalue weighted by molar-refractivity contribution is 1.08. The van der Waals surface area contributed by atoms with Crippen LogP contribution in [-0.4, -0.2) is 14.1 Å². The minimum atomic E-state index is 0.913. The fourth-order valence-corrected chi connectivity index (χ4v) is 6.73. The summed E-state index contributed by atoms with van der Waals surface area (Å²) in [5, 5.41) is 4.88. The molecule has 206 valence electrons. The highest BCUT2D eigenvalue weighted by atomic mass is 15.1. The summed E-state index contributed by atoms with van der Waals surface area (Å²) in [4.78, 5) is 5.18. The normalized spacial score (nSPS) is 11.6. The van der Waals surface area contributed by atoms with Crippen molar-refractivity contribution in [3.63, 3.8) is 0 Å². The molecule has 0 fully saturated rings. The van der Waals surface area contributed by atoms with Crippen LogP contribution >= 0.6 is 0 Å². The third kappa shape index (κ3) is 3.80. The van der Waals surface area contributed by atoms with Crippen LogP contribution in [0.1, 0.15) is 0 Å². The highest BCUT2D eigenvalue weighted by Gasteiger charge is 2.19. The molecule has 0 unspecified atom stereocenters. The third-order valence-electron chi connectivity index (χ3n) is 8.71. The summed E-state index contributed by atoms with van der Waals surface area (Å²) >= 11 is 0. The molecular formula is C41H27N3. The number of benzene rings is 6. The van der Waals surface area contributed by atoms with Crippen LogP contribution in [0, 0.1) is 0 Å². The van der Waals surface area contributed by atoms with Crippen LogP contribution in [0.25, 0.3) is 77.5 Å². The average Bonchev–Trinajstić information content (AvgIpc) is 3.60. The lowest BCUT2D eigenvalue weighted by Crippen LogP contribution is -1.98. The Kier molecular flexibility index (Phi) is 5.50. The van der Waals surface area contributed by atoms with Crippen molar-refractivity contribution < 1.29 is 0 Å². The second-order valence-electron chi connectivity index (χ2n) is 11.3. The van der Waals surface area contributed by atoms with E-state index in [-0.39, 0.29) is 0 Å². The molecule has 6 aromatic carbocycles. The number of rotatable bonds is 4. The topological polar surface area (TPSA) is 22.8 Å². The van der Waals surface area contributed by atoms with Crippen LogP contribution in [0.2, 0.25) is 0 Å². The molecule has 0 aliphatic carbocycles. The first kappa shape index (κ1) is 24.6. The van der Waals surface area contributed by atoms with E-state index in [4.69, 9.17) is 4.98 Å². The van der Waals surface area contributed by atoms with E-state index in [2.05, 4.69) is 167 Å². The largest absolute Gasteiger partial charge is 0.309 e. The van der Waals surface area contributed by atoms with E-state index in [1.54, 1.807) is 0 Å². The predicted octanol–water partition coefficient (Wildman–Crippen LogP) is 10.6. The quantitative estimate of drug-likeness (QED) is 0.210. The molecule has 0 atom stereocenters. The van der Waals surface area contributed by atoms with E-state index < -0.39 is 0 Å². The van der Waals surface area contributed by atoms with Crippen molar-refractivity contribution >= 4 is 43.6 Å². The van der Waals surface area contributed by atoms with Gasteiger partial charge in [0.2, 0.25) is 0 Å². The number of aromatic nitrogens is 3. The fourth-order valence-electron chi connectivity index (χ4n) is 6.73. The molecule has 0 spiro atoms. The standard InChI is InChI=1S/C41H27N3/c1-3-13-28(14-4-1)30-17-11-18-31(25-30)43-37-22-9-7-19-32(37)34-27-40-35(26-39(34)43)33-20-8-10-23-38(33)44(40)41-24-12-21-36(42-41)29-15-5-2-6-16-29/h1-27H. The van der Waals surface area contributed by atoms with Crippen LogP contribution in [-0.2, 0) is 0 Å². The van der Waals surface area contributed by atoms with Gasteiger partial charge in [-0.1, -0.05) is 115 Å². The second-order valence-corrected chi connectivity index (χ2v) is 11.3. The van der Waals surface area contributed by atoms with Gasteiger partial charge >= 0.3 is 0 Å². The van der Waals surface area contributed by atoms with Crippen molar-refractivity contribution in [1.82, 2.24) is 14.1 Å². The van der Waals surface area contributed by atoms with E-state index in [1.807, 2.05) is 6.07 Å². The van der Waals surface area contributed by atoms with Crippen LogP contribution in [0.15, 0.2) is 164 Å². The molecule has 9 aromatic rings. The molecule has 3 heteroatoms. The molecular weight excluding hydrogens is 534 g/mol. The molecule has 3 nitrogen and oxygen atoms in total. The molecule has 0 amide bonds. The molecule has 3 aromatic heterocycles. The van der Waals surface area contributed by atoms with Gasteiger partial charge in [-0.3, -0.25) is 4.57 Å². The maximum atomic E-state index is 5.18. The van der Waals surface area contributed by atoms with E-state index in [0.29, 0.717) is 0 Å². The smallest absolute Gasteiger partial charge is 0.138 e. The van der Waals surface area contributed by atoms with Crippen molar-refractivity contribution in [1.29, 1.82) is 0 Å². The Morgan fingerprint density at radius 2 is 0.886 bits per heavy atom. The van der Waals surface area contributed by atoms with Crippen molar-refractivity contribution in [3.05, 3.63) is 164 Å². The van der Waals surface area contributed by atoms with Crippen LogP contribution in [0.5, 0.6) is 0 Å². The van der Waals surface area contributed by atoms with Crippen molar-refractivity contribution in [2.45, 2.75) is 0 Å². The van der Waals surface area contributed by atoms with Crippen molar-refractivity contribution in [2.75, 3.05) is 0 Å². The highest BCUT2D eigenvalue weighted by Crippen LogP contribution is 2.40. The average molecular weight is 562 g/mol. The first-order chi connectivity index (χ1) is 21.8. The molecule has 0 N–H and O–H groups in total. The Hall–Kier alpha value is -5.93. The Morgan fingerprint density at radius 1 is 0.341 bits per heavy atom. The number of fused-ring (bicyclic) bond motifs is 6. The molecule has 0 aliphatic heterocycles. The second kappa shape index (κ2) is 9.82. The number of pyridine rings is 1. The summed E-state index contributed by atoms with van der Waals surface area (Å²) in [5.74, 6) is 0.913. The molecule has 0 saturated carbocycles. The monoisotopic (exact) mass is 561 g/mol. The Labute approximate surface area is 254 Å². The maximum Gasteiger partial charge on any atom is 0.138 e. The number of nitrogens with zero attached hydrogens (tertiary/aromatic N) is 3. The Bertz CT molecular complexity index is 2310. The summed E-state index contributed by atoms with van der Waals surface area (Å²) in [7, 11) is 0. The molecule has 3 heterocycles. The zero-order chi connectivity index (χ0) is 29.0. The number of hydrogen-bond donors (Lipinski definition) is 0. The van der Waals surface area contributed by atoms with Crippen LogP contribution in [0.4, 0.5) is 0 Å². The highest BCUT2D eigenvalue weighted by molar-refractivity contribution is 6.19. The lowest BCUT2D eigenvalue weighted by atomic mass is 10.1. The zero-order valence-electron chi connectivity index (χ0n) is 23.9. The number of para-hydroxylation sites is 2. The summed E-state index contributed by atoms with van der Waals surface area (Å²) < 4.78 is 4.73. The van der Waals surface area contributed by atoms with E-state index in [1.165, 1.54) is 43.7 Å². The molecule has 0 bridgehead atoms. The SMILES string of the molecule is c1ccc(-c2cccc(-n3c4ccccc4c4cc5c(cc43)c3ccccc3n5-c3cccc(-c4ccccc4)n3)c2)cc1. The van der Waals surface area contributed by atoms with Gasteiger partial charge in [0.25, 0.3) is 0 Å². The summed E-state index contributed by atoms with van der Waals surface area (Å²) in [6, 6.07) is 58.3. The lowest BCUT2D eigenvalue weighted by Gasteiger charge is -2.11. The van der Waals surface area contributed by atoms with Gasteiger partial charge in [0.1, 0.15) is 5.82 Å². The van der Waals surface area contributed by atoms with Gasteiger partial charge in [0, 0.05) is 32.8 Å². The van der Waals surface area contributed by atoms with E-state index in [0.717, 1.165) is 33.8 Å². The van der Waals surface area contributed by atoms with Crippen LogP contribution in [0.3, 0.4) is 0 Å². The van der Waals surface area contributed by atoms with Crippen molar-refractivity contribution in [3.8, 4) is 33.9 Å². The van der Waals surface area contributed by atoms with Crippen LogP contribution < -0.4 is 0 Å². The first-order valence-corrected chi connectivity index (χ1v) is 15.0. The molecule has 9 rings (SSSR count). The molecule has 0 radical (unpaired) electrons. The van der Waals surface area contributed by atoms with Gasteiger partial charge in [-0.2, -0.15) is 0 Å².